The molecule has 0 N–H and O–H groups in total. The van der Waals surface area contributed by atoms with Crippen LogP contribution in [0.25, 0.3) is 0 Å². The van der Waals surface area contributed by atoms with E-state index in [9.17, 15) is 14.4 Å². The molecule has 0 aliphatic rings. The van der Waals surface area contributed by atoms with Gasteiger partial charge >= 0.3 is 17.9 Å². The first kappa shape index (κ1) is 79.1. The maximum atomic E-state index is 12.9. The summed E-state index contributed by atoms with van der Waals surface area (Å²) >= 11 is 0. The Hall–Kier alpha value is -3.93. The molecule has 1 atom stereocenters. The van der Waals surface area contributed by atoms with E-state index >= 15 is 0 Å². The average Bonchev–Trinajstić information content (AvgIpc) is 3.50. The lowest BCUT2D eigenvalue weighted by Gasteiger charge is -2.18. The monoisotopic (exact) mass is 1150 g/mol. The Bertz CT molecular complexity index is 1660. The quantitative estimate of drug-likeness (QED) is 0.0261. The van der Waals surface area contributed by atoms with Crippen molar-refractivity contribution >= 4 is 17.9 Å². The van der Waals surface area contributed by atoms with Crippen LogP contribution < -0.4 is 0 Å². The van der Waals surface area contributed by atoms with E-state index in [-0.39, 0.29) is 31.1 Å². The standard InChI is InChI=1S/C77H132O6/c1-4-7-10-13-16-18-20-22-24-26-28-30-32-33-34-35-36-37-38-39-40-41-42-43-45-46-48-50-52-54-56-58-61-64-67-70-76(79)82-73-74(72-81-75(78)69-66-63-60-15-12-9-6-3)83-77(80)71-68-65-62-59-57-55-53-51-49-47-44-31-29-27-25-23-21-19-17-14-11-8-5-2/h7-8,10-11,16-19,22-25,28-31,47,49,74H,4-6,9,12-15,20-21,26-27,32-46,48,50-73H2,1-3H3/b10-7-,11-8-,18-16-,19-17-,24-22-,25-23-,30-28-,31-29-,49-47-. The summed E-state index contributed by atoms with van der Waals surface area (Å²) in [7, 11) is 0. The average molecular weight is 1150 g/mol. The largest absolute Gasteiger partial charge is 0.462 e. The number of allylic oxidation sites excluding steroid dienone is 18. The Morgan fingerprint density at radius 2 is 0.470 bits per heavy atom. The minimum Gasteiger partial charge on any atom is -0.462 e. The molecule has 0 amide bonds. The van der Waals surface area contributed by atoms with Crippen LogP contribution in [0.3, 0.4) is 0 Å². The molecule has 0 aromatic heterocycles. The van der Waals surface area contributed by atoms with Gasteiger partial charge in [-0.05, 0) is 103 Å². The summed E-state index contributed by atoms with van der Waals surface area (Å²) in [5.74, 6) is -0.883. The van der Waals surface area contributed by atoms with Crippen molar-refractivity contribution in [2.45, 2.75) is 348 Å². The fourth-order valence-corrected chi connectivity index (χ4v) is 10.1. The Kier molecular flexibility index (Phi) is 67.2. The summed E-state index contributed by atoms with van der Waals surface area (Å²) in [6, 6.07) is 0. The Labute approximate surface area is 514 Å². The van der Waals surface area contributed by atoms with Gasteiger partial charge in [-0.3, -0.25) is 14.4 Å². The van der Waals surface area contributed by atoms with Crippen molar-refractivity contribution in [3.63, 3.8) is 0 Å². The zero-order chi connectivity index (χ0) is 59.9. The van der Waals surface area contributed by atoms with Crippen molar-refractivity contribution in [3.8, 4) is 0 Å². The van der Waals surface area contributed by atoms with Crippen LogP contribution >= 0.6 is 0 Å². The number of ether oxygens (including phenoxy) is 3. The molecule has 0 fully saturated rings. The topological polar surface area (TPSA) is 78.9 Å². The molecule has 83 heavy (non-hydrogen) atoms. The lowest BCUT2D eigenvalue weighted by molar-refractivity contribution is -0.167. The summed E-state index contributed by atoms with van der Waals surface area (Å²) in [5, 5.41) is 0. The van der Waals surface area contributed by atoms with Crippen molar-refractivity contribution < 1.29 is 28.6 Å². The fraction of sp³-hybridized carbons (Fsp3) is 0.727. The predicted molar refractivity (Wildman–Crippen MR) is 362 cm³/mol. The van der Waals surface area contributed by atoms with Crippen molar-refractivity contribution in [2.75, 3.05) is 13.2 Å². The zero-order valence-corrected chi connectivity index (χ0v) is 54.7. The van der Waals surface area contributed by atoms with Crippen LogP contribution in [0.2, 0.25) is 0 Å². The second-order valence-corrected chi connectivity index (χ2v) is 23.4. The van der Waals surface area contributed by atoms with Crippen molar-refractivity contribution in [3.05, 3.63) is 109 Å². The van der Waals surface area contributed by atoms with Crippen molar-refractivity contribution in [1.29, 1.82) is 0 Å². The first-order chi connectivity index (χ1) is 41.0. The Balaban J connectivity index is 4.02. The summed E-state index contributed by atoms with van der Waals surface area (Å²) in [6.45, 7) is 6.39. The number of hydrogen-bond donors (Lipinski definition) is 0. The molecule has 0 rings (SSSR count). The molecule has 0 spiro atoms. The smallest absolute Gasteiger partial charge is 0.306 e. The molecular formula is C77H132O6. The van der Waals surface area contributed by atoms with Gasteiger partial charge in [0.05, 0.1) is 0 Å². The zero-order valence-electron chi connectivity index (χ0n) is 54.7. The molecule has 0 aliphatic carbocycles. The van der Waals surface area contributed by atoms with Crippen LogP contribution in [-0.4, -0.2) is 37.2 Å². The number of hydrogen-bond acceptors (Lipinski definition) is 6. The maximum absolute atomic E-state index is 12.9. The van der Waals surface area contributed by atoms with Crippen LogP contribution in [0.4, 0.5) is 0 Å². The van der Waals surface area contributed by atoms with E-state index in [2.05, 4.69) is 130 Å². The van der Waals surface area contributed by atoms with Crippen LogP contribution in [0, 0.1) is 0 Å². The highest BCUT2D eigenvalue weighted by Gasteiger charge is 2.19. The van der Waals surface area contributed by atoms with Crippen LogP contribution in [-0.2, 0) is 28.6 Å². The first-order valence-corrected chi connectivity index (χ1v) is 35.4. The van der Waals surface area contributed by atoms with Gasteiger partial charge in [-0.1, -0.05) is 329 Å². The van der Waals surface area contributed by atoms with Crippen molar-refractivity contribution in [2.24, 2.45) is 0 Å². The van der Waals surface area contributed by atoms with Crippen molar-refractivity contribution in [1.82, 2.24) is 0 Å². The van der Waals surface area contributed by atoms with Crippen LogP contribution in [0.1, 0.15) is 342 Å². The second-order valence-electron chi connectivity index (χ2n) is 23.4. The Morgan fingerprint density at radius 1 is 0.253 bits per heavy atom. The third-order valence-electron chi connectivity index (χ3n) is 15.3. The number of carbonyl (C=O) groups excluding carboxylic acids is 3. The molecule has 6 nitrogen and oxygen atoms in total. The third-order valence-corrected chi connectivity index (χ3v) is 15.3. The van der Waals surface area contributed by atoms with Gasteiger partial charge in [-0.2, -0.15) is 0 Å². The van der Waals surface area contributed by atoms with Gasteiger partial charge in [0.2, 0.25) is 0 Å². The van der Waals surface area contributed by atoms with Gasteiger partial charge in [0, 0.05) is 19.3 Å². The molecule has 0 radical (unpaired) electrons. The number of unbranched alkanes of at least 4 members (excludes halogenated alkanes) is 35. The minimum atomic E-state index is -0.781. The molecule has 476 valence electrons. The maximum Gasteiger partial charge on any atom is 0.306 e. The second kappa shape index (κ2) is 70.6. The van der Waals surface area contributed by atoms with Gasteiger partial charge in [0.25, 0.3) is 0 Å². The highest BCUT2D eigenvalue weighted by molar-refractivity contribution is 5.71. The first-order valence-electron chi connectivity index (χ1n) is 35.4. The normalized spacial score (nSPS) is 12.8. The number of carbonyl (C=O) groups is 3. The molecule has 1 unspecified atom stereocenters. The van der Waals surface area contributed by atoms with Gasteiger partial charge in [-0.15, -0.1) is 0 Å². The predicted octanol–water partition coefficient (Wildman–Crippen LogP) is 24.6. The fourth-order valence-electron chi connectivity index (χ4n) is 10.1. The van der Waals surface area contributed by atoms with Gasteiger partial charge < -0.3 is 14.2 Å². The van der Waals surface area contributed by atoms with E-state index in [1.807, 2.05) is 0 Å². The van der Waals surface area contributed by atoms with E-state index in [0.29, 0.717) is 19.3 Å². The van der Waals surface area contributed by atoms with E-state index in [1.165, 1.54) is 180 Å². The molecule has 0 aromatic carbocycles. The minimum absolute atomic E-state index is 0.0786. The van der Waals surface area contributed by atoms with E-state index in [0.717, 1.165) is 122 Å². The lowest BCUT2D eigenvalue weighted by atomic mass is 10.0. The molecule has 0 bridgehead atoms. The van der Waals surface area contributed by atoms with Gasteiger partial charge in [0.15, 0.2) is 6.10 Å². The molecule has 0 saturated carbocycles. The summed E-state index contributed by atoms with van der Waals surface area (Å²) < 4.78 is 16.9. The Morgan fingerprint density at radius 3 is 0.735 bits per heavy atom. The lowest BCUT2D eigenvalue weighted by Crippen LogP contribution is -2.30. The molecule has 0 saturated heterocycles. The van der Waals surface area contributed by atoms with Gasteiger partial charge in [0.1, 0.15) is 13.2 Å². The molecule has 0 aromatic rings. The van der Waals surface area contributed by atoms with Gasteiger partial charge in [-0.25, -0.2) is 0 Å². The summed E-state index contributed by atoms with van der Waals surface area (Å²) in [6.07, 6.45) is 97.3. The van der Waals surface area contributed by atoms with Crippen LogP contribution in [0.5, 0.6) is 0 Å². The van der Waals surface area contributed by atoms with Crippen LogP contribution in [0.15, 0.2) is 109 Å². The van der Waals surface area contributed by atoms with E-state index < -0.39 is 6.10 Å². The number of esters is 3. The molecular weight excluding hydrogens is 1020 g/mol. The highest BCUT2D eigenvalue weighted by atomic mass is 16.6. The van der Waals surface area contributed by atoms with E-state index in [4.69, 9.17) is 14.2 Å². The summed E-state index contributed by atoms with van der Waals surface area (Å²) in [4.78, 5) is 38.2. The molecule has 0 aliphatic heterocycles. The summed E-state index contributed by atoms with van der Waals surface area (Å²) in [5.41, 5.74) is 0. The third kappa shape index (κ3) is 68.7. The van der Waals surface area contributed by atoms with E-state index in [1.54, 1.807) is 0 Å². The molecule has 0 heterocycles. The highest BCUT2D eigenvalue weighted by Crippen LogP contribution is 2.18. The number of rotatable bonds is 64. The SMILES string of the molecule is CC/C=C\C/C=C\C/C=C\C/C=C\C/C=C\CCCCCCCCCC(=O)OC(COC(=O)CCCCCCCCC)COC(=O)CCCCCCCCCCCCCCCCCCCCCCCC/C=C\C/C=C\C/C=C\C/C=C\CC. The molecule has 6 heteroatoms.